The highest BCUT2D eigenvalue weighted by atomic mass is 32.1. The van der Waals surface area contributed by atoms with E-state index in [1.165, 1.54) is 65.6 Å². The standard InChI is InChI=1S/C31H34NS/c1-22-19-27(23(2)25-13-7-4-8-14-25)31(28(20-22)24(3)26-15-9-5-10-16-26)32-21-33-30-18-12-6-11-17-29(30)32/h4-5,7-10,13-16,19-21,23-24H,6,11-12,17-18H2,1-3H3/q+1/t23-,24-/m1/s1. The molecule has 2 heteroatoms. The molecule has 1 aliphatic rings. The number of hydrogen-bond donors (Lipinski definition) is 0. The van der Waals surface area contributed by atoms with E-state index in [4.69, 9.17) is 0 Å². The largest absolute Gasteiger partial charge is 0.231 e. The van der Waals surface area contributed by atoms with Gasteiger partial charge in [-0.25, -0.2) is 0 Å². The predicted octanol–water partition coefficient (Wildman–Crippen LogP) is 7.91. The van der Waals surface area contributed by atoms with Crippen molar-refractivity contribution in [1.82, 2.24) is 0 Å². The third-order valence-corrected chi connectivity index (χ3v) is 8.36. The maximum Gasteiger partial charge on any atom is 0.231 e. The fourth-order valence-electron chi connectivity index (χ4n) is 5.40. The molecule has 4 aromatic rings. The number of thiazole rings is 1. The molecule has 3 aromatic carbocycles. The van der Waals surface area contributed by atoms with Gasteiger partial charge in [0, 0.05) is 29.4 Å². The molecule has 0 spiro atoms. The van der Waals surface area contributed by atoms with E-state index in [-0.39, 0.29) is 0 Å². The van der Waals surface area contributed by atoms with Crippen LogP contribution in [0.1, 0.15) is 83.3 Å². The van der Waals surface area contributed by atoms with Crippen molar-refractivity contribution in [2.45, 2.75) is 64.7 Å². The highest BCUT2D eigenvalue weighted by molar-refractivity contribution is 7.09. The van der Waals surface area contributed by atoms with Crippen LogP contribution in [0.3, 0.4) is 0 Å². The van der Waals surface area contributed by atoms with Crippen molar-refractivity contribution in [1.29, 1.82) is 0 Å². The first kappa shape index (κ1) is 22.1. The first-order valence-electron chi connectivity index (χ1n) is 12.4. The zero-order valence-electron chi connectivity index (χ0n) is 20.1. The van der Waals surface area contributed by atoms with Gasteiger partial charge < -0.3 is 0 Å². The number of fused-ring (bicyclic) bond motifs is 1. The average Bonchev–Trinajstić information content (AvgIpc) is 3.10. The van der Waals surface area contributed by atoms with Gasteiger partial charge in [0.1, 0.15) is 0 Å². The summed E-state index contributed by atoms with van der Waals surface area (Å²) < 4.78 is 2.58. The highest BCUT2D eigenvalue weighted by Gasteiger charge is 2.31. The van der Waals surface area contributed by atoms with Crippen molar-refractivity contribution < 1.29 is 4.57 Å². The van der Waals surface area contributed by atoms with Gasteiger partial charge in [-0.3, -0.25) is 0 Å². The summed E-state index contributed by atoms with van der Waals surface area (Å²) in [5.41, 5.74) is 12.3. The summed E-state index contributed by atoms with van der Waals surface area (Å²) in [5.74, 6) is 0.660. The second kappa shape index (κ2) is 9.65. The lowest BCUT2D eigenvalue weighted by atomic mass is 9.84. The minimum Gasteiger partial charge on any atom is -0.153 e. The van der Waals surface area contributed by atoms with E-state index in [9.17, 15) is 0 Å². The Morgan fingerprint density at radius 1 is 0.727 bits per heavy atom. The second-order valence-corrected chi connectivity index (χ2v) is 10.5. The molecule has 1 aliphatic carbocycles. The van der Waals surface area contributed by atoms with E-state index in [2.05, 4.69) is 104 Å². The Bertz CT molecular complexity index is 1160. The molecule has 0 radical (unpaired) electrons. The van der Waals surface area contributed by atoms with Crippen LogP contribution in [0.4, 0.5) is 0 Å². The van der Waals surface area contributed by atoms with Crippen molar-refractivity contribution in [2.24, 2.45) is 0 Å². The summed E-state index contributed by atoms with van der Waals surface area (Å²) >= 11 is 1.96. The summed E-state index contributed by atoms with van der Waals surface area (Å²) in [6.07, 6.45) is 6.37. The van der Waals surface area contributed by atoms with Crippen molar-refractivity contribution >= 4 is 11.3 Å². The van der Waals surface area contributed by atoms with E-state index < -0.39 is 0 Å². The van der Waals surface area contributed by atoms with Crippen LogP contribution in [0.25, 0.3) is 5.69 Å². The van der Waals surface area contributed by atoms with Crippen molar-refractivity contribution in [3.05, 3.63) is 117 Å². The molecule has 1 heterocycles. The minimum atomic E-state index is 0.330. The molecule has 1 nitrogen and oxygen atoms in total. The van der Waals surface area contributed by atoms with Crippen LogP contribution in [0.2, 0.25) is 0 Å². The van der Waals surface area contributed by atoms with E-state index in [1.807, 2.05) is 11.3 Å². The molecule has 168 valence electrons. The van der Waals surface area contributed by atoms with Crippen molar-refractivity contribution in [3.8, 4) is 5.69 Å². The SMILES string of the molecule is Cc1cc([C@H](C)c2ccccc2)c(-[n+]2csc3c2CCCCC3)c([C@H](C)c2ccccc2)c1. The molecule has 0 fully saturated rings. The number of hydrogen-bond acceptors (Lipinski definition) is 1. The Morgan fingerprint density at radius 2 is 1.27 bits per heavy atom. The Balaban J connectivity index is 1.75. The van der Waals surface area contributed by atoms with Gasteiger partial charge in [0.2, 0.25) is 16.9 Å². The summed E-state index contributed by atoms with van der Waals surface area (Å²) in [6, 6.07) is 26.9. The van der Waals surface area contributed by atoms with Gasteiger partial charge in [0.15, 0.2) is 0 Å². The van der Waals surface area contributed by atoms with Gasteiger partial charge in [-0.1, -0.05) is 97.8 Å². The monoisotopic (exact) mass is 452 g/mol. The molecule has 33 heavy (non-hydrogen) atoms. The number of aromatic nitrogens is 1. The summed E-state index contributed by atoms with van der Waals surface area (Å²) in [7, 11) is 0. The molecule has 0 aliphatic heterocycles. The number of benzene rings is 3. The van der Waals surface area contributed by atoms with Crippen LogP contribution in [-0.4, -0.2) is 0 Å². The van der Waals surface area contributed by atoms with Gasteiger partial charge in [-0.05, 0) is 49.4 Å². The fourth-order valence-corrected chi connectivity index (χ4v) is 6.47. The predicted molar refractivity (Wildman–Crippen MR) is 140 cm³/mol. The lowest BCUT2D eigenvalue weighted by Crippen LogP contribution is -2.36. The van der Waals surface area contributed by atoms with E-state index in [1.54, 1.807) is 10.6 Å². The molecule has 0 amide bonds. The highest BCUT2D eigenvalue weighted by Crippen LogP contribution is 2.37. The Morgan fingerprint density at radius 3 is 1.85 bits per heavy atom. The molecular weight excluding hydrogens is 418 g/mol. The second-order valence-electron chi connectivity index (χ2n) is 9.58. The van der Waals surface area contributed by atoms with Crippen LogP contribution >= 0.6 is 11.3 Å². The maximum atomic E-state index is 2.58. The molecule has 0 bridgehead atoms. The maximum absolute atomic E-state index is 2.58. The number of aryl methyl sites for hydroxylation is 2. The topological polar surface area (TPSA) is 3.88 Å². The molecule has 2 atom stereocenters. The fraction of sp³-hybridized carbons (Fsp3) is 0.323. The van der Waals surface area contributed by atoms with E-state index in [0.717, 1.165) is 0 Å². The zero-order chi connectivity index (χ0) is 22.8. The van der Waals surface area contributed by atoms with Crippen LogP contribution in [0.5, 0.6) is 0 Å². The van der Waals surface area contributed by atoms with Crippen LogP contribution in [0, 0.1) is 6.92 Å². The first-order valence-corrected chi connectivity index (χ1v) is 13.3. The van der Waals surface area contributed by atoms with Gasteiger partial charge in [-0.15, -0.1) is 0 Å². The molecule has 0 N–H and O–H groups in total. The van der Waals surface area contributed by atoms with Crippen LogP contribution in [-0.2, 0) is 12.8 Å². The lowest BCUT2D eigenvalue weighted by Gasteiger charge is -2.21. The molecular formula is C31H34NS+. The summed E-state index contributed by atoms with van der Waals surface area (Å²) in [4.78, 5) is 1.59. The number of rotatable bonds is 5. The summed E-state index contributed by atoms with van der Waals surface area (Å²) in [5, 5.41) is 0. The van der Waals surface area contributed by atoms with Gasteiger partial charge in [0.05, 0.1) is 4.88 Å². The Hall–Kier alpha value is -2.71. The van der Waals surface area contributed by atoms with E-state index in [0.29, 0.717) is 11.8 Å². The first-order chi connectivity index (χ1) is 16.1. The zero-order valence-corrected chi connectivity index (χ0v) is 20.9. The quantitative estimate of drug-likeness (QED) is 0.214. The van der Waals surface area contributed by atoms with Gasteiger partial charge >= 0.3 is 0 Å². The molecule has 0 unspecified atom stereocenters. The summed E-state index contributed by atoms with van der Waals surface area (Å²) in [6.45, 7) is 7.00. The van der Waals surface area contributed by atoms with Gasteiger partial charge in [-0.2, -0.15) is 4.57 Å². The number of nitrogens with zero attached hydrogens (tertiary/aromatic N) is 1. The van der Waals surface area contributed by atoms with Crippen molar-refractivity contribution in [3.63, 3.8) is 0 Å². The van der Waals surface area contributed by atoms with Crippen molar-refractivity contribution in [2.75, 3.05) is 0 Å². The normalized spacial score (nSPS) is 15.5. The van der Waals surface area contributed by atoms with Crippen LogP contribution in [0.15, 0.2) is 78.3 Å². The molecule has 0 saturated carbocycles. The lowest BCUT2D eigenvalue weighted by molar-refractivity contribution is -0.600. The Labute approximate surface area is 202 Å². The third kappa shape index (κ3) is 4.42. The molecule has 1 aromatic heterocycles. The Kier molecular flexibility index (Phi) is 6.46. The molecule has 0 saturated heterocycles. The van der Waals surface area contributed by atoms with Crippen LogP contribution < -0.4 is 4.57 Å². The smallest absolute Gasteiger partial charge is 0.153 e. The molecule has 5 rings (SSSR count). The average molecular weight is 453 g/mol. The van der Waals surface area contributed by atoms with Gasteiger partial charge in [0.25, 0.3) is 0 Å². The van der Waals surface area contributed by atoms with E-state index >= 15 is 0 Å². The minimum absolute atomic E-state index is 0.330. The third-order valence-electron chi connectivity index (χ3n) is 7.32.